The molecule has 0 unspecified atom stereocenters. The summed E-state index contributed by atoms with van der Waals surface area (Å²) in [6, 6.07) is 1.44. The number of unbranched alkanes of at least 4 members (excludes halogenated alkanes) is 1. The number of thiophene rings is 1. The summed E-state index contributed by atoms with van der Waals surface area (Å²) in [6.45, 7) is 2.59. The fourth-order valence-corrected chi connectivity index (χ4v) is 3.16. The van der Waals surface area contributed by atoms with Gasteiger partial charge in [0.25, 0.3) is 0 Å². The Morgan fingerprint density at radius 1 is 1.71 bits per heavy atom. The highest BCUT2D eigenvalue weighted by molar-refractivity contribution is 9.10. The highest BCUT2D eigenvalue weighted by Gasteiger charge is 2.16. The number of nitrogens with one attached hydrogen (secondary N) is 1. The van der Waals surface area contributed by atoms with Gasteiger partial charge in [-0.25, -0.2) is 0 Å². The third-order valence-electron chi connectivity index (χ3n) is 2.36. The van der Waals surface area contributed by atoms with E-state index in [2.05, 4.69) is 28.2 Å². The quantitative estimate of drug-likeness (QED) is 0.791. The number of aliphatic carboxylic acids is 1. The van der Waals surface area contributed by atoms with E-state index in [-0.39, 0.29) is 0 Å². The molecule has 0 amide bonds. The van der Waals surface area contributed by atoms with Crippen LogP contribution in [0.5, 0.6) is 0 Å². The van der Waals surface area contributed by atoms with Crippen molar-refractivity contribution in [3.8, 4) is 0 Å². The molecule has 1 rings (SSSR count). The van der Waals surface area contributed by atoms with Crippen molar-refractivity contribution in [2.45, 2.75) is 38.8 Å². The van der Waals surface area contributed by atoms with Gasteiger partial charge in [-0.05, 0) is 28.4 Å². The molecule has 0 saturated heterocycles. The van der Waals surface area contributed by atoms with Gasteiger partial charge in [0.15, 0.2) is 0 Å². The number of carboxylic acid groups (broad SMARTS) is 1. The van der Waals surface area contributed by atoms with Crippen molar-refractivity contribution < 1.29 is 9.90 Å². The van der Waals surface area contributed by atoms with Crippen molar-refractivity contribution in [3.63, 3.8) is 0 Å². The van der Waals surface area contributed by atoms with Crippen molar-refractivity contribution in [2.75, 3.05) is 0 Å². The van der Waals surface area contributed by atoms with E-state index in [0.29, 0.717) is 17.3 Å². The fourth-order valence-electron chi connectivity index (χ4n) is 1.42. The molecule has 0 saturated carbocycles. The zero-order valence-corrected chi connectivity index (χ0v) is 12.7. The molecule has 17 heavy (non-hydrogen) atoms. The van der Waals surface area contributed by atoms with Gasteiger partial charge in [-0.1, -0.05) is 31.4 Å². The van der Waals surface area contributed by atoms with E-state index in [1.807, 2.05) is 6.07 Å². The average Bonchev–Trinajstić information content (AvgIpc) is 2.58. The molecule has 0 aliphatic rings. The first-order chi connectivity index (χ1) is 8.04. The second-order valence-corrected chi connectivity index (χ2v) is 6.34. The third-order valence-corrected chi connectivity index (χ3v) is 4.84. The number of rotatable bonds is 7. The molecule has 0 fully saturated rings. The first kappa shape index (κ1) is 15.0. The van der Waals surface area contributed by atoms with Gasteiger partial charge in [0.05, 0.1) is 0 Å². The van der Waals surface area contributed by atoms with Crippen LogP contribution in [-0.4, -0.2) is 17.1 Å². The van der Waals surface area contributed by atoms with Gasteiger partial charge in [0.2, 0.25) is 0 Å². The van der Waals surface area contributed by atoms with E-state index < -0.39 is 12.0 Å². The Labute approximate surface area is 118 Å². The molecule has 96 valence electrons. The highest BCUT2D eigenvalue weighted by atomic mass is 79.9. The molecule has 1 heterocycles. The van der Waals surface area contributed by atoms with Gasteiger partial charge in [0, 0.05) is 15.9 Å². The van der Waals surface area contributed by atoms with Crippen molar-refractivity contribution >= 4 is 44.8 Å². The summed E-state index contributed by atoms with van der Waals surface area (Å²) < 4.78 is 1.56. The van der Waals surface area contributed by atoms with Crippen LogP contribution in [0, 0.1) is 0 Å². The molecule has 1 aromatic heterocycles. The summed E-state index contributed by atoms with van der Waals surface area (Å²) in [7, 11) is 0. The van der Waals surface area contributed by atoms with Crippen LogP contribution in [-0.2, 0) is 11.3 Å². The van der Waals surface area contributed by atoms with E-state index >= 15 is 0 Å². The molecular formula is C11H15BrClNO2S. The molecule has 0 radical (unpaired) electrons. The largest absolute Gasteiger partial charge is 0.480 e. The maximum Gasteiger partial charge on any atom is 0.320 e. The van der Waals surface area contributed by atoms with Crippen LogP contribution in [0.3, 0.4) is 0 Å². The van der Waals surface area contributed by atoms with Gasteiger partial charge in [-0.15, -0.1) is 11.3 Å². The molecule has 3 nitrogen and oxygen atoms in total. The van der Waals surface area contributed by atoms with E-state index in [1.54, 1.807) is 0 Å². The van der Waals surface area contributed by atoms with Gasteiger partial charge in [-0.3, -0.25) is 10.1 Å². The van der Waals surface area contributed by atoms with Crippen LogP contribution >= 0.6 is 38.9 Å². The third kappa shape index (κ3) is 4.95. The normalized spacial score (nSPS) is 12.6. The molecule has 0 aliphatic carbocycles. The zero-order valence-electron chi connectivity index (χ0n) is 9.50. The monoisotopic (exact) mass is 339 g/mol. The first-order valence-electron chi connectivity index (χ1n) is 5.44. The van der Waals surface area contributed by atoms with E-state index in [9.17, 15) is 4.79 Å². The minimum absolute atomic E-state index is 0.477. The maximum absolute atomic E-state index is 11.0. The molecule has 2 N–H and O–H groups in total. The van der Waals surface area contributed by atoms with Gasteiger partial charge in [0.1, 0.15) is 10.4 Å². The fraction of sp³-hybridized carbons (Fsp3) is 0.545. The summed E-state index contributed by atoms with van der Waals surface area (Å²) in [4.78, 5) is 12.0. The molecule has 6 heteroatoms. The number of halogens is 2. The zero-order chi connectivity index (χ0) is 12.8. The Balaban J connectivity index is 2.48. The lowest BCUT2D eigenvalue weighted by Gasteiger charge is -2.12. The standard InChI is InChI=1S/C11H15BrClNO2S/c1-2-3-4-9(11(15)16)14-6-7-5-8(12)10(13)17-7/h5,9,14H,2-4,6H2,1H3,(H,15,16)/t9-/m0/s1. The summed E-state index contributed by atoms with van der Waals surface area (Å²) >= 11 is 10.7. The van der Waals surface area contributed by atoms with E-state index in [1.165, 1.54) is 11.3 Å². The van der Waals surface area contributed by atoms with Crippen LogP contribution in [0.1, 0.15) is 31.1 Å². The molecule has 0 aromatic carbocycles. The maximum atomic E-state index is 11.0. The topological polar surface area (TPSA) is 49.3 Å². The number of hydrogen-bond acceptors (Lipinski definition) is 3. The predicted molar refractivity (Wildman–Crippen MR) is 74.8 cm³/mol. The van der Waals surface area contributed by atoms with E-state index in [4.69, 9.17) is 16.7 Å². The Bertz CT molecular complexity index is 364. The number of carbonyl (C=O) groups is 1. The van der Waals surface area contributed by atoms with Gasteiger partial charge in [-0.2, -0.15) is 0 Å². The highest BCUT2D eigenvalue weighted by Crippen LogP contribution is 2.31. The minimum Gasteiger partial charge on any atom is -0.480 e. The number of carboxylic acids is 1. The molecular weight excluding hydrogens is 326 g/mol. The van der Waals surface area contributed by atoms with Crippen molar-refractivity contribution in [1.29, 1.82) is 0 Å². The molecule has 1 atom stereocenters. The van der Waals surface area contributed by atoms with Crippen LogP contribution in [0.2, 0.25) is 4.34 Å². The van der Waals surface area contributed by atoms with Crippen LogP contribution in [0.4, 0.5) is 0 Å². The van der Waals surface area contributed by atoms with Crippen molar-refractivity contribution in [3.05, 3.63) is 19.8 Å². The molecule has 0 spiro atoms. The number of hydrogen-bond donors (Lipinski definition) is 2. The predicted octanol–water partition coefficient (Wildman–Crippen LogP) is 3.90. The SMILES string of the molecule is CCCC[C@H](NCc1cc(Br)c(Cl)s1)C(=O)O. The first-order valence-corrected chi connectivity index (χ1v) is 7.43. The second kappa shape index (κ2) is 7.36. The Morgan fingerprint density at radius 3 is 2.88 bits per heavy atom. The van der Waals surface area contributed by atoms with Crippen LogP contribution in [0.25, 0.3) is 0 Å². The summed E-state index contributed by atoms with van der Waals surface area (Å²) in [6.07, 6.45) is 2.58. The lowest BCUT2D eigenvalue weighted by molar-refractivity contribution is -0.139. The molecule has 0 aliphatic heterocycles. The van der Waals surface area contributed by atoms with Crippen LogP contribution < -0.4 is 5.32 Å². The van der Waals surface area contributed by atoms with Crippen molar-refractivity contribution in [2.24, 2.45) is 0 Å². The summed E-state index contributed by atoms with van der Waals surface area (Å²) in [5.41, 5.74) is 0. The van der Waals surface area contributed by atoms with Gasteiger partial charge < -0.3 is 5.11 Å². The lowest BCUT2D eigenvalue weighted by atomic mass is 10.1. The van der Waals surface area contributed by atoms with E-state index in [0.717, 1.165) is 22.2 Å². The Hall–Kier alpha value is -0.100. The van der Waals surface area contributed by atoms with Crippen LogP contribution in [0.15, 0.2) is 10.5 Å². The summed E-state index contributed by atoms with van der Waals surface area (Å²) in [5, 5.41) is 12.1. The smallest absolute Gasteiger partial charge is 0.320 e. The Morgan fingerprint density at radius 2 is 2.41 bits per heavy atom. The average molecular weight is 341 g/mol. The molecule has 1 aromatic rings. The minimum atomic E-state index is -0.792. The van der Waals surface area contributed by atoms with Crippen molar-refractivity contribution in [1.82, 2.24) is 5.32 Å². The molecule has 0 bridgehead atoms. The summed E-state index contributed by atoms with van der Waals surface area (Å²) in [5.74, 6) is -0.792. The van der Waals surface area contributed by atoms with Gasteiger partial charge >= 0.3 is 5.97 Å². The lowest BCUT2D eigenvalue weighted by Crippen LogP contribution is -2.35. The second-order valence-electron chi connectivity index (χ2n) is 3.75. The Kier molecular flexibility index (Phi) is 6.48.